The van der Waals surface area contributed by atoms with Gasteiger partial charge in [-0.1, -0.05) is 38.1 Å². The summed E-state index contributed by atoms with van der Waals surface area (Å²) in [6.45, 7) is 5.99. The van der Waals surface area contributed by atoms with Crippen LogP contribution in [0.25, 0.3) is 11.1 Å². The molecule has 0 unspecified atom stereocenters. The van der Waals surface area contributed by atoms with E-state index in [0.717, 1.165) is 17.5 Å². The van der Waals surface area contributed by atoms with Crippen LogP contribution in [-0.2, 0) is 7.05 Å². The summed E-state index contributed by atoms with van der Waals surface area (Å²) in [5, 5.41) is 4.18. The van der Waals surface area contributed by atoms with E-state index in [1.54, 1.807) is 24.9 Å². The molecule has 1 heterocycles. The van der Waals surface area contributed by atoms with Crippen molar-refractivity contribution in [2.75, 3.05) is 0 Å². The van der Waals surface area contributed by atoms with Crippen LogP contribution in [0.5, 0.6) is 0 Å². The largest absolute Gasteiger partial charge is 0.293 e. The fourth-order valence-corrected chi connectivity index (χ4v) is 2.29. The molecule has 0 aliphatic carbocycles. The van der Waals surface area contributed by atoms with Gasteiger partial charge < -0.3 is 0 Å². The van der Waals surface area contributed by atoms with E-state index in [2.05, 4.69) is 43.2 Å². The molecule has 1 aromatic carbocycles. The van der Waals surface area contributed by atoms with E-state index in [4.69, 9.17) is 0 Å². The van der Waals surface area contributed by atoms with Gasteiger partial charge in [0.2, 0.25) is 0 Å². The number of carbonyl (C=O) groups excluding carboxylic acids is 1. The number of carbonyl (C=O) groups is 1. The molecular weight excluding hydrogens is 236 g/mol. The zero-order chi connectivity index (χ0) is 14.0. The van der Waals surface area contributed by atoms with Crippen LogP contribution < -0.4 is 0 Å². The van der Waals surface area contributed by atoms with Crippen molar-refractivity contribution in [3.8, 4) is 11.1 Å². The topological polar surface area (TPSA) is 34.9 Å². The molecule has 2 aromatic rings. The predicted molar refractivity (Wildman–Crippen MR) is 77.4 cm³/mol. The third kappa shape index (κ3) is 2.60. The Kier molecular flexibility index (Phi) is 3.84. The third-order valence-electron chi connectivity index (χ3n) is 3.68. The molecule has 0 N–H and O–H groups in total. The van der Waals surface area contributed by atoms with Gasteiger partial charge in [-0.05, 0) is 23.5 Å². The average molecular weight is 256 g/mol. The summed E-state index contributed by atoms with van der Waals surface area (Å²) in [7, 11) is 1.80. The molecule has 3 nitrogen and oxygen atoms in total. The van der Waals surface area contributed by atoms with Crippen LogP contribution in [0, 0.1) is 0 Å². The highest BCUT2D eigenvalue weighted by Crippen LogP contribution is 2.26. The fourth-order valence-electron chi connectivity index (χ4n) is 2.29. The molecule has 0 fully saturated rings. The summed E-state index contributed by atoms with van der Waals surface area (Å²) in [5.74, 6) is 0.608. The van der Waals surface area contributed by atoms with E-state index < -0.39 is 0 Å². The first-order valence-corrected chi connectivity index (χ1v) is 6.67. The lowest BCUT2D eigenvalue weighted by Gasteiger charge is -2.09. The van der Waals surface area contributed by atoms with Crippen molar-refractivity contribution in [2.45, 2.75) is 33.1 Å². The Morgan fingerprint density at radius 3 is 2.47 bits per heavy atom. The molecule has 19 heavy (non-hydrogen) atoms. The summed E-state index contributed by atoms with van der Waals surface area (Å²) in [6, 6.07) is 8.43. The van der Waals surface area contributed by atoms with Gasteiger partial charge in [-0.2, -0.15) is 5.10 Å². The van der Waals surface area contributed by atoms with Crippen LogP contribution in [0.4, 0.5) is 0 Å². The van der Waals surface area contributed by atoms with Crippen molar-refractivity contribution in [3.05, 3.63) is 41.7 Å². The third-order valence-corrected chi connectivity index (χ3v) is 3.68. The predicted octanol–water partition coefficient (Wildman–Crippen LogP) is 3.80. The van der Waals surface area contributed by atoms with Gasteiger partial charge in [-0.25, -0.2) is 0 Å². The highest BCUT2D eigenvalue weighted by molar-refractivity contribution is 5.99. The van der Waals surface area contributed by atoms with Gasteiger partial charge in [-0.3, -0.25) is 9.48 Å². The molecule has 1 atom stereocenters. The Morgan fingerprint density at radius 2 is 1.95 bits per heavy atom. The van der Waals surface area contributed by atoms with Crippen LogP contribution in [0.15, 0.2) is 30.5 Å². The Morgan fingerprint density at radius 1 is 1.32 bits per heavy atom. The summed E-state index contributed by atoms with van der Waals surface area (Å²) in [5.41, 5.74) is 3.95. The first kappa shape index (κ1) is 13.5. The minimum absolute atomic E-state index is 0.0426. The normalized spacial score (nSPS) is 12.4. The van der Waals surface area contributed by atoms with Crippen LogP contribution in [-0.4, -0.2) is 15.6 Å². The second-order valence-electron chi connectivity index (χ2n) is 5.02. The molecule has 1 aromatic heterocycles. The van der Waals surface area contributed by atoms with Crippen molar-refractivity contribution in [2.24, 2.45) is 7.05 Å². The molecule has 0 amide bonds. The minimum atomic E-state index is 0.0426. The summed E-state index contributed by atoms with van der Waals surface area (Å²) in [4.78, 5) is 11.7. The maximum atomic E-state index is 11.7. The summed E-state index contributed by atoms with van der Waals surface area (Å²) < 4.78 is 1.64. The lowest BCUT2D eigenvalue weighted by molar-refractivity contribution is 0.100. The van der Waals surface area contributed by atoms with E-state index in [0.29, 0.717) is 11.6 Å². The number of benzene rings is 1. The molecule has 0 radical (unpaired) electrons. The monoisotopic (exact) mass is 256 g/mol. The van der Waals surface area contributed by atoms with Crippen molar-refractivity contribution in [1.29, 1.82) is 0 Å². The number of Topliss-reactive ketones (excluding diaryl/α,β-unsaturated/α-hetero) is 1. The second kappa shape index (κ2) is 5.39. The minimum Gasteiger partial charge on any atom is -0.293 e. The number of hydrogen-bond donors (Lipinski definition) is 0. The number of ketones is 1. The van der Waals surface area contributed by atoms with Gasteiger partial charge in [0.1, 0.15) is 5.69 Å². The number of aromatic nitrogens is 2. The van der Waals surface area contributed by atoms with Crippen molar-refractivity contribution < 1.29 is 4.79 Å². The molecule has 2 rings (SSSR count). The van der Waals surface area contributed by atoms with Gasteiger partial charge in [-0.15, -0.1) is 0 Å². The molecule has 0 aliphatic rings. The van der Waals surface area contributed by atoms with Gasteiger partial charge in [0.05, 0.1) is 6.20 Å². The fraction of sp³-hybridized carbons (Fsp3) is 0.375. The van der Waals surface area contributed by atoms with Gasteiger partial charge in [0, 0.05) is 19.5 Å². The lowest BCUT2D eigenvalue weighted by Crippen LogP contribution is -2.04. The number of rotatable bonds is 4. The number of aryl methyl sites for hydroxylation is 1. The van der Waals surface area contributed by atoms with Gasteiger partial charge in [0.25, 0.3) is 0 Å². The van der Waals surface area contributed by atoms with Crippen LogP contribution in [0.2, 0.25) is 0 Å². The zero-order valence-electron chi connectivity index (χ0n) is 12.0. The van der Waals surface area contributed by atoms with E-state index in [1.807, 2.05) is 0 Å². The molecule has 100 valence electrons. The van der Waals surface area contributed by atoms with Crippen molar-refractivity contribution in [1.82, 2.24) is 9.78 Å². The van der Waals surface area contributed by atoms with Crippen molar-refractivity contribution in [3.63, 3.8) is 0 Å². The van der Waals surface area contributed by atoms with E-state index >= 15 is 0 Å². The molecule has 0 bridgehead atoms. The van der Waals surface area contributed by atoms with Gasteiger partial charge >= 0.3 is 0 Å². The molecule has 0 aliphatic heterocycles. The molecule has 0 saturated carbocycles. The molecule has 0 spiro atoms. The first-order valence-electron chi connectivity index (χ1n) is 6.67. The summed E-state index contributed by atoms with van der Waals surface area (Å²) in [6.07, 6.45) is 2.89. The molecular formula is C16H20N2O. The van der Waals surface area contributed by atoms with E-state index in [-0.39, 0.29) is 5.78 Å². The summed E-state index contributed by atoms with van der Waals surface area (Å²) >= 11 is 0. The molecule has 3 heteroatoms. The quantitative estimate of drug-likeness (QED) is 0.780. The Hall–Kier alpha value is -1.90. The Balaban J connectivity index is 2.40. The second-order valence-corrected chi connectivity index (χ2v) is 5.02. The SMILES string of the molecule is CC[C@H](C)c1ccc(-c2cnn(C)c2C(C)=O)cc1. The number of nitrogens with zero attached hydrogens (tertiary/aromatic N) is 2. The smallest absolute Gasteiger partial charge is 0.178 e. The van der Waals surface area contributed by atoms with Crippen LogP contribution in [0.3, 0.4) is 0 Å². The van der Waals surface area contributed by atoms with Crippen LogP contribution >= 0.6 is 0 Å². The number of hydrogen-bond acceptors (Lipinski definition) is 2. The van der Waals surface area contributed by atoms with Crippen molar-refractivity contribution >= 4 is 5.78 Å². The zero-order valence-corrected chi connectivity index (χ0v) is 12.0. The Bertz CT molecular complexity index is 581. The Labute approximate surface area is 114 Å². The molecule has 0 saturated heterocycles. The van der Waals surface area contributed by atoms with E-state index in [1.165, 1.54) is 5.56 Å². The van der Waals surface area contributed by atoms with E-state index in [9.17, 15) is 4.79 Å². The lowest BCUT2D eigenvalue weighted by atomic mass is 9.96. The highest BCUT2D eigenvalue weighted by atomic mass is 16.1. The maximum Gasteiger partial charge on any atom is 0.178 e. The maximum absolute atomic E-state index is 11.7. The first-order chi connectivity index (χ1) is 9.04. The highest BCUT2D eigenvalue weighted by Gasteiger charge is 2.14. The van der Waals surface area contributed by atoms with Gasteiger partial charge in [0.15, 0.2) is 5.78 Å². The average Bonchev–Trinajstić information content (AvgIpc) is 2.80. The standard InChI is InChI=1S/C16H20N2O/c1-5-11(2)13-6-8-14(9-7-13)15-10-17-18(4)16(15)12(3)19/h6-11H,5H2,1-4H3/t11-/m0/s1. The van der Waals surface area contributed by atoms with Crippen LogP contribution in [0.1, 0.15) is 49.2 Å².